The number of aliphatic hydroxyl groups is 1. The molecule has 1 aliphatic heterocycles. The fraction of sp³-hybridized carbons (Fsp3) is 0.0435. The van der Waals surface area contributed by atoms with E-state index >= 15 is 0 Å². The lowest BCUT2D eigenvalue weighted by Gasteiger charge is -2.25. The van der Waals surface area contributed by atoms with Crippen molar-refractivity contribution in [3.05, 3.63) is 110 Å². The van der Waals surface area contributed by atoms with Gasteiger partial charge in [-0.1, -0.05) is 58.4 Å². The third kappa shape index (κ3) is 3.73. The van der Waals surface area contributed by atoms with E-state index in [-0.39, 0.29) is 17.0 Å². The molecular weight excluding hydrogens is 464 g/mol. The quantitative estimate of drug-likeness (QED) is 0.187. The highest BCUT2D eigenvalue weighted by Crippen LogP contribution is 2.42. The van der Waals surface area contributed by atoms with Crippen molar-refractivity contribution in [3.8, 4) is 0 Å². The molecule has 3 aromatic rings. The third-order valence-corrected chi connectivity index (χ3v) is 5.52. The average molecular weight is 479 g/mol. The van der Waals surface area contributed by atoms with Gasteiger partial charge in [0.05, 0.1) is 16.5 Å². The molecule has 1 amide bonds. The number of amides is 1. The number of nitro benzene ring substituents is 1. The molecule has 1 saturated heterocycles. The molecule has 154 valence electrons. The van der Waals surface area contributed by atoms with E-state index in [1.54, 1.807) is 60.7 Å². The minimum Gasteiger partial charge on any atom is -0.507 e. The zero-order valence-corrected chi connectivity index (χ0v) is 17.5. The van der Waals surface area contributed by atoms with Crippen molar-refractivity contribution in [1.29, 1.82) is 0 Å². The second kappa shape index (κ2) is 8.16. The van der Waals surface area contributed by atoms with Crippen LogP contribution in [-0.4, -0.2) is 21.7 Å². The van der Waals surface area contributed by atoms with Crippen LogP contribution in [0.3, 0.4) is 0 Å². The summed E-state index contributed by atoms with van der Waals surface area (Å²) in [4.78, 5) is 38.1. The van der Waals surface area contributed by atoms with Crippen molar-refractivity contribution in [2.75, 3.05) is 4.90 Å². The Kier molecular flexibility index (Phi) is 5.39. The molecule has 0 aliphatic carbocycles. The van der Waals surface area contributed by atoms with Crippen LogP contribution in [0.4, 0.5) is 11.4 Å². The molecule has 7 nitrogen and oxygen atoms in total. The second-order valence-electron chi connectivity index (χ2n) is 6.86. The molecule has 4 rings (SSSR count). The number of Topliss-reactive ketones (excluding diaryl/α,β-unsaturated/α-hetero) is 1. The highest BCUT2D eigenvalue weighted by Gasteiger charge is 2.47. The van der Waals surface area contributed by atoms with E-state index in [2.05, 4.69) is 15.9 Å². The fourth-order valence-corrected chi connectivity index (χ4v) is 3.84. The Bertz CT molecular complexity index is 1220. The topological polar surface area (TPSA) is 101 Å². The Morgan fingerprint density at radius 1 is 0.968 bits per heavy atom. The normalized spacial score (nSPS) is 17.7. The van der Waals surface area contributed by atoms with E-state index < -0.39 is 22.7 Å². The SMILES string of the molecule is O=C1C(=O)N(c2ccc(Br)cc2)C(c2cccc([N+](=O)[O-])c2)/C1=C(/O)c1ccccc1. The summed E-state index contributed by atoms with van der Waals surface area (Å²) in [6, 6.07) is 19.8. The Morgan fingerprint density at radius 2 is 1.65 bits per heavy atom. The zero-order valence-electron chi connectivity index (χ0n) is 15.9. The highest BCUT2D eigenvalue weighted by atomic mass is 79.9. The molecule has 0 radical (unpaired) electrons. The Hall–Kier alpha value is -3.78. The molecule has 1 heterocycles. The molecule has 1 N–H and O–H groups in total. The molecule has 0 bridgehead atoms. The van der Waals surface area contributed by atoms with Crippen molar-refractivity contribution in [2.24, 2.45) is 0 Å². The van der Waals surface area contributed by atoms with Crippen molar-refractivity contribution >= 4 is 44.8 Å². The van der Waals surface area contributed by atoms with Gasteiger partial charge < -0.3 is 5.11 Å². The molecular formula is C23H15BrN2O5. The van der Waals surface area contributed by atoms with Gasteiger partial charge in [-0.15, -0.1) is 0 Å². The Labute approximate surface area is 185 Å². The zero-order chi connectivity index (χ0) is 22.1. The minimum absolute atomic E-state index is 0.125. The maximum absolute atomic E-state index is 13.0. The predicted octanol–water partition coefficient (Wildman–Crippen LogP) is 4.98. The molecule has 0 aromatic heterocycles. The largest absolute Gasteiger partial charge is 0.507 e. The van der Waals surface area contributed by atoms with Crippen molar-refractivity contribution in [3.63, 3.8) is 0 Å². The van der Waals surface area contributed by atoms with Crippen LogP contribution in [0, 0.1) is 10.1 Å². The lowest BCUT2D eigenvalue weighted by Crippen LogP contribution is -2.29. The maximum atomic E-state index is 13.0. The second-order valence-corrected chi connectivity index (χ2v) is 7.78. The van der Waals surface area contributed by atoms with Crippen molar-refractivity contribution < 1.29 is 19.6 Å². The number of carbonyl (C=O) groups is 2. The predicted molar refractivity (Wildman–Crippen MR) is 118 cm³/mol. The van der Waals surface area contributed by atoms with Crippen LogP contribution in [-0.2, 0) is 9.59 Å². The van der Waals surface area contributed by atoms with Gasteiger partial charge in [0.1, 0.15) is 5.76 Å². The molecule has 31 heavy (non-hydrogen) atoms. The number of nitro groups is 1. The molecule has 8 heteroatoms. The van der Waals surface area contributed by atoms with Crippen LogP contribution in [0.5, 0.6) is 0 Å². The molecule has 1 fully saturated rings. The summed E-state index contributed by atoms with van der Waals surface area (Å²) in [5, 5.41) is 22.3. The van der Waals surface area contributed by atoms with Crippen LogP contribution in [0.25, 0.3) is 5.76 Å². The number of hydrogen-bond donors (Lipinski definition) is 1. The number of carbonyl (C=O) groups excluding carboxylic acids is 2. The highest BCUT2D eigenvalue weighted by molar-refractivity contribution is 9.10. The van der Waals surface area contributed by atoms with Crippen LogP contribution in [0.15, 0.2) is 88.9 Å². The summed E-state index contributed by atoms with van der Waals surface area (Å²) in [6.45, 7) is 0. The van der Waals surface area contributed by atoms with Gasteiger partial charge in [0, 0.05) is 27.9 Å². The first-order valence-electron chi connectivity index (χ1n) is 9.25. The van der Waals surface area contributed by atoms with Gasteiger partial charge in [-0.2, -0.15) is 0 Å². The number of aliphatic hydroxyl groups excluding tert-OH is 1. The Balaban J connectivity index is 1.97. The number of non-ortho nitro benzene ring substituents is 1. The number of rotatable bonds is 4. The average Bonchev–Trinajstić information content (AvgIpc) is 3.05. The van der Waals surface area contributed by atoms with Gasteiger partial charge in [0.15, 0.2) is 0 Å². The third-order valence-electron chi connectivity index (χ3n) is 4.99. The van der Waals surface area contributed by atoms with Crippen LogP contribution in [0.2, 0.25) is 0 Å². The van der Waals surface area contributed by atoms with Crippen molar-refractivity contribution in [1.82, 2.24) is 0 Å². The smallest absolute Gasteiger partial charge is 0.300 e. The fourth-order valence-electron chi connectivity index (χ4n) is 3.58. The summed E-state index contributed by atoms with van der Waals surface area (Å²) in [7, 11) is 0. The van der Waals surface area contributed by atoms with E-state index in [0.29, 0.717) is 16.8 Å². The molecule has 0 spiro atoms. The van der Waals surface area contributed by atoms with Gasteiger partial charge in [-0.05, 0) is 29.8 Å². The van der Waals surface area contributed by atoms with Gasteiger partial charge in [-0.3, -0.25) is 24.6 Å². The van der Waals surface area contributed by atoms with Gasteiger partial charge in [0.25, 0.3) is 17.4 Å². The monoisotopic (exact) mass is 478 g/mol. The van der Waals surface area contributed by atoms with E-state index in [4.69, 9.17) is 0 Å². The first-order chi connectivity index (χ1) is 14.9. The molecule has 1 atom stereocenters. The maximum Gasteiger partial charge on any atom is 0.300 e. The standard InChI is InChI=1S/C23H15BrN2O5/c24-16-9-11-17(12-10-16)25-20(15-7-4-8-18(13-15)26(30)31)19(22(28)23(25)29)21(27)14-5-2-1-3-6-14/h1-13,20,27H/b21-19-. The molecule has 3 aromatic carbocycles. The Morgan fingerprint density at radius 3 is 2.29 bits per heavy atom. The van der Waals surface area contributed by atoms with Gasteiger partial charge in [0.2, 0.25) is 0 Å². The summed E-state index contributed by atoms with van der Waals surface area (Å²) >= 11 is 3.34. The molecule has 1 unspecified atom stereocenters. The molecule has 0 saturated carbocycles. The van der Waals surface area contributed by atoms with E-state index in [1.807, 2.05) is 0 Å². The van der Waals surface area contributed by atoms with E-state index in [0.717, 1.165) is 4.47 Å². The summed E-state index contributed by atoms with van der Waals surface area (Å²) < 4.78 is 0.781. The number of anilines is 1. The summed E-state index contributed by atoms with van der Waals surface area (Å²) in [5.41, 5.74) is 0.827. The number of halogens is 1. The van der Waals surface area contributed by atoms with E-state index in [1.165, 1.54) is 23.1 Å². The van der Waals surface area contributed by atoms with Crippen LogP contribution >= 0.6 is 15.9 Å². The lowest BCUT2D eigenvalue weighted by atomic mass is 9.95. The summed E-state index contributed by atoms with van der Waals surface area (Å²) in [6.07, 6.45) is 0. The molecule has 1 aliphatic rings. The lowest BCUT2D eigenvalue weighted by molar-refractivity contribution is -0.384. The van der Waals surface area contributed by atoms with Crippen molar-refractivity contribution in [2.45, 2.75) is 6.04 Å². The van der Waals surface area contributed by atoms with E-state index in [9.17, 15) is 24.8 Å². The minimum atomic E-state index is -1.03. The van der Waals surface area contributed by atoms with Crippen LogP contribution in [0.1, 0.15) is 17.2 Å². The summed E-state index contributed by atoms with van der Waals surface area (Å²) in [5.74, 6) is -2.02. The first-order valence-corrected chi connectivity index (χ1v) is 10.0. The van der Waals surface area contributed by atoms with Gasteiger partial charge in [-0.25, -0.2) is 0 Å². The number of ketones is 1. The van der Waals surface area contributed by atoms with Gasteiger partial charge >= 0.3 is 0 Å². The number of nitrogens with zero attached hydrogens (tertiary/aromatic N) is 2. The van der Waals surface area contributed by atoms with Crippen LogP contribution < -0.4 is 4.90 Å². The number of benzene rings is 3. The first kappa shape index (κ1) is 20.5. The number of hydrogen-bond acceptors (Lipinski definition) is 5.